The Morgan fingerprint density at radius 1 is 0.946 bits per heavy atom. The van der Waals surface area contributed by atoms with Gasteiger partial charge in [-0.05, 0) is 81.0 Å². The summed E-state index contributed by atoms with van der Waals surface area (Å²) in [6, 6.07) is 24.7. The first-order valence-corrected chi connectivity index (χ1v) is 12.7. The molecule has 0 bridgehead atoms. The highest BCUT2D eigenvalue weighted by molar-refractivity contribution is 6.00. The molecule has 37 heavy (non-hydrogen) atoms. The van der Waals surface area contributed by atoms with E-state index in [9.17, 15) is 9.59 Å². The highest BCUT2D eigenvalue weighted by Crippen LogP contribution is 2.46. The molecule has 190 valence electrons. The van der Waals surface area contributed by atoms with Crippen LogP contribution in [0, 0.1) is 6.92 Å². The Balaban J connectivity index is 1.29. The number of amides is 2. The molecule has 1 aliphatic rings. The van der Waals surface area contributed by atoms with Gasteiger partial charge in [0.15, 0.2) is 0 Å². The van der Waals surface area contributed by atoms with E-state index in [1.165, 1.54) is 5.56 Å². The van der Waals surface area contributed by atoms with Crippen molar-refractivity contribution in [3.63, 3.8) is 0 Å². The van der Waals surface area contributed by atoms with Crippen molar-refractivity contribution in [1.82, 2.24) is 15.6 Å². The molecule has 0 unspecified atom stereocenters. The molecule has 0 atom stereocenters. The summed E-state index contributed by atoms with van der Waals surface area (Å²) in [5, 5.41) is 7.07. The number of alkyl carbamates (subject to hydrolysis) is 1. The van der Waals surface area contributed by atoms with Crippen LogP contribution in [0.15, 0.2) is 72.8 Å². The van der Waals surface area contributed by atoms with Crippen LogP contribution in [0.1, 0.15) is 60.8 Å². The Hall–Kier alpha value is -4.06. The number of aromatic amines is 1. The molecule has 1 heterocycles. The van der Waals surface area contributed by atoms with Crippen molar-refractivity contribution in [2.75, 3.05) is 0 Å². The molecule has 0 saturated heterocycles. The lowest BCUT2D eigenvalue weighted by molar-refractivity contribution is 0.0522. The van der Waals surface area contributed by atoms with Crippen LogP contribution in [0.25, 0.3) is 22.0 Å². The van der Waals surface area contributed by atoms with Gasteiger partial charge in [0.2, 0.25) is 0 Å². The van der Waals surface area contributed by atoms with Crippen LogP contribution in [0.4, 0.5) is 4.79 Å². The molecular weight excluding hydrogens is 462 g/mol. The Kier molecular flexibility index (Phi) is 6.28. The molecular formula is C31H33N3O3. The molecule has 1 aromatic heterocycles. The van der Waals surface area contributed by atoms with E-state index in [4.69, 9.17) is 4.74 Å². The number of carbonyl (C=O) groups excluding carboxylic acids is 2. The number of hydrogen-bond acceptors (Lipinski definition) is 3. The molecule has 1 saturated carbocycles. The number of ether oxygens (including phenoxy) is 1. The number of aromatic nitrogens is 1. The molecule has 3 aromatic carbocycles. The van der Waals surface area contributed by atoms with Gasteiger partial charge in [-0.25, -0.2) is 4.79 Å². The minimum atomic E-state index is -0.549. The fraction of sp³-hybridized carbons (Fsp3) is 0.290. The fourth-order valence-corrected chi connectivity index (χ4v) is 4.68. The SMILES string of the molecule is Cc1cc2cc(CNC(=O)OC(C)(C)C)[nH]c2cc1C(=O)NC1(c2ccc(-c3ccccc3)cc2)CC1. The average Bonchev–Trinajstić information content (AvgIpc) is 3.53. The van der Waals surface area contributed by atoms with Crippen LogP contribution in [-0.4, -0.2) is 22.6 Å². The number of carbonyl (C=O) groups is 2. The molecule has 6 heteroatoms. The van der Waals surface area contributed by atoms with Gasteiger partial charge in [-0.15, -0.1) is 0 Å². The van der Waals surface area contributed by atoms with Crippen LogP contribution in [0.2, 0.25) is 0 Å². The standard InChI is InChI=1S/C31H33N3O3/c1-20-16-23-17-25(19-32-29(36)37-30(2,3)4)33-27(23)18-26(20)28(35)34-31(14-15-31)24-12-10-22(11-13-24)21-8-6-5-7-9-21/h5-13,16-18,33H,14-15,19H2,1-4H3,(H,32,36)(H,34,35). The zero-order valence-electron chi connectivity index (χ0n) is 21.8. The molecule has 0 radical (unpaired) electrons. The normalized spacial score (nSPS) is 14.3. The summed E-state index contributed by atoms with van der Waals surface area (Å²) >= 11 is 0. The second-order valence-electron chi connectivity index (χ2n) is 10.9. The third-order valence-electron chi connectivity index (χ3n) is 6.74. The number of aryl methyl sites for hydroxylation is 1. The summed E-state index contributed by atoms with van der Waals surface area (Å²) in [6.45, 7) is 7.75. The Labute approximate surface area is 217 Å². The largest absolute Gasteiger partial charge is 0.444 e. The number of H-pyrrole nitrogens is 1. The van der Waals surface area contributed by atoms with E-state index < -0.39 is 11.7 Å². The van der Waals surface area contributed by atoms with E-state index in [1.807, 2.05) is 64.1 Å². The first-order valence-electron chi connectivity index (χ1n) is 12.7. The molecule has 6 nitrogen and oxygen atoms in total. The maximum Gasteiger partial charge on any atom is 0.407 e. The summed E-state index contributed by atoms with van der Waals surface area (Å²) in [4.78, 5) is 28.7. The van der Waals surface area contributed by atoms with E-state index in [-0.39, 0.29) is 11.4 Å². The minimum Gasteiger partial charge on any atom is -0.444 e. The van der Waals surface area contributed by atoms with Crippen LogP contribution in [0.5, 0.6) is 0 Å². The molecule has 0 spiro atoms. The fourth-order valence-electron chi connectivity index (χ4n) is 4.68. The second kappa shape index (κ2) is 9.43. The van der Waals surface area contributed by atoms with Gasteiger partial charge in [-0.3, -0.25) is 4.79 Å². The Bertz CT molecular complexity index is 1440. The van der Waals surface area contributed by atoms with Crippen molar-refractivity contribution in [1.29, 1.82) is 0 Å². The lowest BCUT2D eigenvalue weighted by atomic mass is 9.98. The van der Waals surface area contributed by atoms with Gasteiger partial charge in [-0.1, -0.05) is 54.6 Å². The summed E-state index contributed by atoms with van der Waals surface area (Å²) < 4.78 is 5.30. The molecule has 5 rings (SSSR count). The van der Waals surface area contributed by atoms with E-state index >= 15 is 0 Å². The van der Waals surface area contributed by atoms with Gasteiger partial charge in [0.25, 0.3) is 5.91 Å². The predicted molar refractivity (Wildman–Crippen MR) is 146 cm³/mol. The summed E-state index contributed by atoms with van der Waals surface area (Å²) in [5.41, 5.74) is 5.87. The topological polar surface area (TPSA) is 83.2 Å². The zero-order valence-corrected chi connectivity index (χ0v) is 21.8. The number of benzene rings is 3. The molecule has 3 N–H and O–H groups in total. The maximum atomic E-state index is 13.4. The van der Waals surface area contributed by atoms with E-state index in [1.54, 1.807) is 0 Å². The first kappa shape index (κ1) is 24.6. The minimum absolute atomic E-state index is 0.0768. The third-order valence-corrected chi connectivity index (χ3v) is 6.74. The number of fused-ring (bicyclic) bond motifs is 1. The van der Waals surface area contributed by atoms with Crippen molar-refractivity contribution >= 4 is 22.9 Å². The lowest BCUT2D eigenvalue weighted by Gasteiger charge is -2.19. The van der Waals surface area contributed by atoms with Crippen LogP contribution >= 0.6 is 0 Å². The molecule has 1 fully saturated rings. The van der Waals surface area contributed by atoms with Gasteiger partial charge >= 0.3 is 6.09 Å². The lowest BCUT2D eigenvalue weighted by Crippen LogP contribution is -2.35. The number of hydrogen-bond donors (Lipinski definition) is 3. The van der Waals surface area contributed by atoms with Crippen molar-refractivity contribution in [2.45, 2.75) is 58.2 Å². The van der Waals surface area contributed by atoms with E-state index in [0.717, 1.165) is 46.1 Å². The van der Waals surface area contributed by atoms with Crippen LogP contribution in [0.3, 0.4) is 0 Å². The second-order valence-corrected chi connectivity index (χ2v) is 10.9. The maximum absolute atomic E-state index is 13.4. The van der Waals surface area contributed by atoms with Gasteiger partial charge in [0.1, 0.15) is 5.60 Å². The summed E-state index contributed by atoms with van der Waals surface area (Å²) in [5.74, 6) is -0.0768. The number of nitrogens with one attached hydrogen (secondary N) is 3. The predicted octanol–water partition coefficient (Wildman–Crippen LogP) is 6.59. The summed E-state index contributed by atoms with van der Waals surface area (Å²) in [7, 11) is 0. The van der Waals surface area contributed by atoms with Crippen LogP contribution < -0.4 is 10.6 Å². The zero-order chi connectivity index (χ0) is 26.2. The first-order chi connectivity index (χ1) is 17.6. The molecule has 4 aromatic rings. The average molecular weight is 496 g/mol. The third kappa shape index (κ3) is 5.53. The highest BCUT2D eigenvalue weighted by atomic mass is 16.6. The quantitative estimate of drug-likeness (QED) is 0.282. The summed E-state index contributed by atoms with van der Waals surface area (Å²) in [6.07, 6.45) is 1.38. The number of rotatable bonds is 6. The van der Waals surface area contributed by atoms with Crippen LogP contribution in [-0.2, 0) is 16.8 Å². The van der Waals surface area contributed by atoms with Crippen molar-refractivity contribution in [3.8, 4) is 11.1 Å². The Morgan fingerprint density at radius 3 is 2.27 bits per heavy atom. The molecule has 0 aliphatic heterocycles. The van der Waals surface area contributed by atoms with Gasteiger partial charge in [-0.2, -0.15) is 0 Å². The van der Waals surface area contributed by atoms with Gasteiger partial charge < -0.3 is 20.4 Å². The van der Waals surface area contributed by atoms with Crippen molar-refractivity contribution < 1.29 is 14.3 Å². The van der Waals surface area contributed by atoms with Crippen molar-refractivity contribution in [2.24, 2.45) is 0 Å². The van der Waals surface area contributed by atoms with E-state index in [0.29, 0.717) is 12.1 Å². The smallest absolute Gasteiger partial charge is 0.407 e. The van der Waals surface area contributed by atoms with Gasteiger partial charge in [0, 0.05) is 22.2 Å². The van der Waals surface area contributed by atoms with E-state index in [2.05, 4.69) is 52.0 Å². The van der Waals surface area contributed by atoms with Crippen molar-refractivity contribution in [3.05, 3.63) is 95.2 Å². The molecule has 1 aliphatic carbocycles. The van der Waals surface area contributed by atoms with Gasteiger partial charge in [0.05, 0.1) is 12.1 Å². The monoisotopic (exact) mass is 495 g/mol. The Morgan fingerprint density at radius 2 is 1.62 bits per heavy atom. The highest BCUT2D eigenvalue weighted by Gasteiger charge is 2.45. The molecule has 2 amide bonds.